The number of carboxylic acids is 2. The molecule has 3 aromatic rings. The van der Waals surface area contributed by atoms with Crippen LogP contribution in [0.15, 0.2) is 62.5 Å². The monoisotopic (exact) mass is 677 g/mol. The molecule has 1 amide bonds. The van der Waals surface area contributed by atoms with E-state index in [1.54, 1.807) is 36.6 Å². The Morgan fingerprint density at radius 2 is 1.74 bits per heavy atom. The Bertz CT molecular complexity index is 1620. The van der Waals surface area contributed by atoms with Gasteiger partial charge in [-0.15, -0.1) is 23.1 Å². The van der Waals surface area contributed by atoms with Crippen molar-refractivity contribution in [3.63, 3.8) is 0 Å². The van der Waals surface area contributed by atoms with Crippen molar-refractivity contribution >= 4 is 74.1 Å². The van der Waals surface area contributed by atoms with E-state index < -0.39 is 28.0 Å². The van der Waals surface area contributed by atoms with E-state index in [-0.39, 0.29) is 33.7 Å². The van der Waals surface area contributed by atoms with Crippen molar-refractivity contribution in [3.05, 3.63) is 59.0 Å². The molecule has 0 spiro atoms. The first-order valence-electron chi connectivity index (χ1n) is 11.8. The molecule has 2 aromatic carbocycles. The molecule has 43 heavy (non-hydrogen) atoms. The number of hydrogen-bond acceptors (Lipinski definition) is 9. The summed E-state index contributed by atoms with van der Waals surface area (Å²) in [7, 11) is -3.84. The minimum Gasteiger partial charge on any atom is -0.481 e. The van der Waals surface area contributed by atoms with Gasteiger partial charge in [0.15, 0.2) is 0 Å². The normalized spacial score (nSPS) is 11.3. The van der Waals surface area contributed by atoms with E-state index in [9.17, 15) is 31.2 Å². The maximum absolute atomic E-state index is 13.4. The average Bonchev–Trinajstić information content (AvgIpc) is 3.37. The van der Waals surface area contributed by atoms with E-state index in [2.05, 4.69) is 5.32 Å². The lowest BCUT2D eigenvalue weighted by atomic mass is 10.00. The van der Waals surface area contributed by atoms with Gasteiger partial charge in [0.25, 0.3) is 0 Å². The fraction of sp³-hybridized carbons (Fsp3) is 0.231. The number of carbonyl (C=O) groups is 3. The summed E-state index contributed by atoms with van der Waals surface area (Å²) in [4.78, 5) is 32.3. The average molecular weight is 678 g/mol. The van der Waals surface area contributed by atoms with Gasteiger partial charge in [-0.25, -0.2) is 13.2 Å². The van der Waals surface area contributed by atoms with Crippen molar-refractivity contribution in [1.29, 1.82) is 5.41 Å². The number of hydrogen-bond donors (Lipinski definition) is 5. The first-order valence-corrected chi connectivity index (χ1v) is 16.5. The number of alkyl halides is 3. The van der Waals surface area contributed by atoms with Crippen LogP contribution in [-0.2, 0) is 24.2 Å². The van der Waals surface area contributed by atoms with Crippen LogP contribution >= 0.6 is 34.9 Å². The summed E-state index contributed by atoms with van der Waals surface area (Å²) in [6.07, 6.45) is -3.30. The number of carboxylic acid groups (broad SMARTS) is 2. The third kappa shape index (κ3) is 10.3. The summed E-state index contributed by atoms with van der Waals surface area (Å²) in [6.45, 7) is 1.87. The minimum atomic E-state index is -5.08. The highest BCUT2D eigenvalue weighted by molar-refractivity contribution is 8.01. The zero-order valence-electron chi connectivity index (χ0n) is 22.5. The van der Waals surface area contributed by atoms with Gasteiger partial charge in [-0.2, -0.15) is 24.9 Å². The van der Waals surface area contributed by atoms with Gasteiger partial charge in [0.2, 0.25) is 15.7 Å². The number of benzene rings is 2. The molecule has 0 radical (unpaired) electrons. The zero-order chi connectivity index (χ0) is 32.5. The van der Waals surface area contributed by atoms with Gasteiger partial charge in [0.05, 0.1) is 31.1 Å². The van der Waals surface area contributed by atoms with Crippen molar-refractivity contribution in [2.45, 2.75) is 33.5 Å². The Kier molecular flexibility index (Phi) is 12.7. The predicted molar refractivity (Wildman–Crippen MR) is 161 cm³/mol. The number of rotatable bonds is 11. The quantitative estimate of drug-likeness (QED) is 0.0767. The predicted octanol–water partition coefficient (Wildman–Crippen LogP) is 5.34. The minimum absolute atomic E-state index is 0.00340. The summed E-state index contributed by atoms with van der Waals surface area (Å²) >= 11 is 3.73. The number of aliphatic carboxylic acids is 2. The molecule has 0 atom stereocenters. The number of aryl methyl sites for hydroxylation is 1. The molecule has 0 saturated heterocycles. The van der Waals surface area contributed by atoms with Gasteiger partial charge in [0, 0.05) is 11.4 Å². The lowest BCUT2D eigenvalue weighted by Gasteiger charge is -2.12. The molecule has 0 fully saturated rings. The third-order valence-electron chi connectivity index (χ3n) is 5.31. The number of nitrogens with two attached hydrogens (primary N) is 1. The van der Waals surface area contributed by atoms with Crippen molar-refractivity contribution in [3.8, 4) is 11.1 Å². The smallest absolute Gasteiger partial charge is 0.481 e. The van der Waals surface area contributed by atoms with E-state index >= 15 is 0 Å². The molecule has 3 rings (SSSR count). The maximum atomic E-state index is 13.4. The van der Waals surface area contributed by atoms with Crippen molar-refractivity contribution < 1.29 is 46.2 Å². The van der Waals surface area contributed by atoms with Crippen LogP contribution in [-0.4, -0.2) is 66.3 Å². The molecular formula is C26H26F3N3O7S4. The molecule has 0 saturated carbocycles. The molecule has 232 valence electrons. The fourth-order valence-electron chi connectivity index (χ4n) is 3.36. The number of nitrogen functional groups attached to an aromatic ring is 1. The first-order chi connectivity index (χ1) is 20.0. The van der Waals surface area contributed by atoms with E-state index in [0.717, 1.165) is 11.1 Å². The third-order valence-corrected chi connectivity index (χ3v) is 10.6. The number of thioether (sulfide) groups is 2. The topological polar surface area (TPSA) is 188 Å². The summed E-state index contributed by atoms with van der Waals surface area (Å²) in [5, 5.41) is 26.2. The van der Waals surface area contributed by atoms with Gasteiger partial charge in [0.1, 0.15) is 5.84 Å². The molecule has 0 aliphatic rings. The second-order valence-electron chi connectivity index (χ2n) is 8.49. The van der Waals surface area contributed by atoms with E-state index in [0.29, 0.717) is 26.1 Å². The maximum Gasteiger partial charge on any atom is 0.490 e. The van der Waals surface area contributed by atoms with Crippen LogP contribution in [0, 0.1) is 12.3 Å². The summed E-state index contributed by atoms with van der Waals surface area (Å²) < 4.78 is 59.2. The highest BCUT2D eigenvalue weighted by atomic mass is 32.2. The summed E-state index contributed by atoms with van der Waals surface area (Å²) in [5.74, 6) is -3.54. The van der Waals surface area contributed by atoms with Crippen LogP contribution in [0.2, 0.25) is 0 Å². The van der Waals surface area contributed by atoms with E-state index in [4.69, 9.17) is 26.2 Å². The van der Waals surface area contributed by atoms with Gasteiger partial charge in [-0.05, 0) is 60.2 Å². The van der Waals surface area contributed by atoms with Crippen LogP contribution < -0.4 is 11.1 Å². The second kappa shape index (κ2) is 15.3. The zero-order valence-corrected chi connectivity index (χ0v) is 25.8. The molecule has 1 heterocycles. The van der Waals surface area contributed by atoms with E-state index in [1.165, 1.54) is 40.9 Å². The largest absolute Gasteiger partial charge is 0.490 e. The van der Waals surface area contributed by atoms with Gasteiger partial charge < -0.3 is 21.3 Å². The van der Waals surface area contributed by atoms with Crippen LogP contribution in [0.4, 0.5) is 18.9 Å². The Morgan fingerprint density at radius 3 is 2.28 bits per heavy atom. The van der Waals surface area contributed by atoms with Crippen molar-refractivity contribution in [1.82, 2.24) is 0 Å². The second-order valence-corrected chi connectivity index (χ2v) is 13.6. The summed E-state index contributed by atoms with van der Waals surface area (Å²) in [6, 6.07) is 13.5. The first kappa shape index (κ1) is 35.7. The molecule has 0 unspecified atom stereocenters. The van der Waals surface area contributed by atoms with Crippen LogP contribution in [0.25, 0.3) is 11.1 Å². The number of amides is 1. The SMILES string of the molecule is CSc1sc(C(=N)N)cc1S(=O)(=O)c1cccc(-c2ccc(NC(=O)CSCCC(=O)O)cc2C)c1.O=C(O)C(F)(F)F. The number of halogens is 3. The van der Waals surface area contributed by atoms with Crippen LogP contribution in [0.3, 0.4) is 0 Å². The Morgan fingerprint density at radius 1 is 1.09 bits per heavy atom. The summed E-state index contributed by atoms with van der Waals surface area (Å²) in [5.41, 5.74) is 8.55. The van der Waals surface area contributed by atoms with E-state index in [1.807, 2.05) is 19.1 Å². The van der Waals surface area contributed by atoms with Gasteiger partial charge in [-0.1, -0.05) is 18.2 Å². The molecule has 0 bridgehead atoms. The number of thiophene rings is 1. The molecule has 1 aromatic heterocycles. The number of anilines is 1. The van der Waals surface area contributed by atoms with Crippen molar-refractivity contribution in [2.75, 3.05) is 23.1 Å². The van der Waals surface area contributed by atoms with Crippen LogP contribution in [0.5, 0.6) is 0 Å². The lowest BCUT2D eigenvalue weighted by molar-refractivity contribution is -0.192. The number of sulfone groups is 1. The number of amidine groups is 1. The molecule has 10 nitrogen and oxygen atoms in total. The highest BCUT2D eigenvalue weighted by Crippen LogP contribution is 2.38. The molecule has 17 heteroatoms. The highest BCUT2D eigenvalue weighted by Gasteiger charge is 2.38. The van der Waals surface area contributed by atoms with Gasteiger partial charge >= 0.3 is 18.1 Å². The van der Waals surface area contributed by atoms with Crippen molar-refractivity contribution in [2.24, 2.45) is 5.73 Å². The Hall–Kier alpha value is -3.54. The molecule has 6 N–H and O–H groups in total. The Balaban J connectivity index is 0.000000821. The van der Waals surface area contributed by atoms with Gasteiger partial charge in [-0.3, -0.25) is 15.0 Å². The standard InChI is InChI=1S/C24H25N3O5S4.C2HF3O2/c1-14-10-16(27-21(28)13-34-9-8-22(29)30)6-7-18(14)15-4-3-5-17(11-15)36(31,32)20-12-19(23(25)26)35-24(20)33-2;3-2(4,5)1(6)7/h3-7,10-12H,8-9,13H2,1-2H3,(H3,25,26)(H,27,28)(H,29,30);(H,6,7). The molecule has 0 aliphatic carbocycles. The lowest BCUT2D eigenvalue weighted by Crippen LogP contribution is -2.21. The molecule has 0 aliphatic heterocycles. The number of carbonyl (C=O) groups excluding carboxylic acids is 1. The fourth-order valence-corrected chi connectivity index (χ4v) is 7.99. The van der Waals surface area contributed by atoms with Crippen LogP contribution in [0.1, 0.15) is 16.9 Å². The molecular weight excluding hydrogens is 652 g/mol. The Labute approximate surface area is 257 Å². The number of nitrogens with one attached hydrogen (secondary N) is 2.